The number of nitrogens with one attached hydrogen (secondary N) is 1. The highest BCUT2D eigenvalue weighted by Gasteiger charge is 2.19. The van der Waals surface area contributed by atoms with Crippen LogP contribution in [0.2, 0.25) is 0 Å². The number of ether oxygens (including phenoxy) is 1. The van der Waals surface area contributed by atoms with Crippen LogP contribution in [0, 0.1) is 0 Å². The molecular weight excluding hydrogens is 250 g/mol. The van der Waals surface area contributed by atoms with E-state index in [2.05, 4.69) is 5.32 Å². The Balaban J connectivity index is 1.63. The number of carbonyl (C=O) groups is 2. The highest BCUT2D eigenvalue weighted by molar-refractivity contribution is 5.82. The van der Waals surface area contributed by atoms with E-state index in [1.807, 2.05) is 0 Å². The van der Waals surface area contributed by atoms with Crippen molar-refractivity contribution in [1.82, 2.24) is 15.3 Å². The molecule has 7 heteroatoms. The zero-order valence-electron chi connectivity index (χ0n) is 11.1. The Labute approximate surface area is 112 Å². The second-order valence-electron chi connectivity index (χ2n) is 4.72. The van der Waals surface area contributed by atoms with Crippen molar-refractivity contribution in [3.8, 4) is 0 Å². The zero-order valence-corrected chi connectivity index (χ0v) is 11.1. The van der Waals surface area contributed by atoms with E-state index in [-0.39, 0.29) is 12.5 Å². The molecule has 0 spiro atoms. The van der Waals surface area contributed by atoms with Gasteiger partial charge in [0.1, 0.15) is 6.54 Å². The quantitative estimate of drug-likeness (QED) is 0.780. The molecule has 7 nitrogen and oxygen atoms in total. The summed E-state index contributed by atoms with van der Waals surface area (Å²) < 4.78 is 5.16. The van der Waals surface area contributed by atoms with E-state index in [4.69, 9.17) is 9.57 Å². The van der Waals surface area contributed by atoms with Crippen LogP contribution in [0.3, 0.4) is 0 Å². The minimum atomic E-state index is -0.552. The third kappa shape index (κ3) is 4.68. The van der Waals surface area contributed by atoms with Crippen molar-refractivity contribution in [3.05, 3.63) is 0 Å². The molecule has 0 bridgehead atoms. The molecule has 0 unspecified atom stereocenters. The summed E-state index contributed by atoms with van der Waals surface area (Å²) in [5, 5.41) is 4.14. The van der Waals surface area contributed by atoms with Crippen LogP contribution in [0.5, 0.6) is 0 Å². The molecule has 0 radical (unpaired) electrons. The lowest BCUT2D eigenvalue weighted by Gasteiger charge is -2.27. The molecule has 2 aliphatic rings. The zero-order chi connectivity index (χ0) is 13.5. The van der Waals surface area contributed by atoms with Gasteiger partial charge in [-0.1, -0.05) is 6.42 Å². The minimum absolute atomic E-state index is 0.0212. The van der Waals surface area contributed by atoms with Crippen molar-refractivity contribution < 1.29 is 19.2 Å². The molecule has 2 saturated heterocycles. The van der Waals surface area contributed by atoms with Crippen LogP contribution in [0.15, 0.2) is 0 Å². The van der Waals surface area contributed by atoms with Crippen LogP contribution in [0.1, 0.15) is 19.3 Å². The Hall–Kier alpha value is -1.34. The van der Waals surface area contributed by atoms with Gasteiger partial charge >= 0.3 is 6.09 Å². The van der Waals surface area contributed by atoms with Gasteiger partial charge in [-0.05, 0) is 12.8 Å². The standard InChI is InChI=1S/C12H21N3O4/c16-11(14-6-8-18-9-7-14)10-13-12(17)19-15-4-2-1-3-5-15/h1-10H2,(H,13,17). The number of morpholine rings is 1. The first kappa shape index (κ1) is 14.1. The van der Waals surface area contributed by atoms with Crippen LogP contribution >= 0.6 is 0 Å². The Kier molecular flexibility index (Phi) is 5.41. The van der Waals surface area contributed by atoms with Gasteiger partial charge in [0.25, 0.3) is 0 Å². The number of carbonyl (C=O) groups excluding carboxylic acids is 2. The molecule has 19 heavy (non-hydrogen) atoms. The summed E-state index contributed by atoms with van der Waals surface area (Å²) in [5.74, 6) is -0.0982. The summed E-state index contributed by atoms with van der Waals surface area (Å²) in [6, 6.07) is 0. The lowest BCUT2D eigenvalue weighted by molar-refractivity contribution is -0.135. The maximum Gasteiger partial charge on any atom is 0.426 e. The van der Waals surface area contributed by atoms with Crippen LogP contribution < -0.4 is 5.32 Å². The fourth-order valence-corrected chi connectivity index (χ4v) is 2.18. The molecule has 2 amide bonds. The number of piperidine rings is 1. The van der Waals surface area contributed by atoms with Crippen molar-refractivity contribution in [2.45, 2.75) is 19.3 Å². The first-order valence-corrected chi connectivity index (χ1v) is 6.82. The van der Waals surface area contributed by atoms with E-state index in [0.717, 1.165) is 25.9 Å². The van der Waals surface area contributed by atoms with Gasteiger partial charge < -0.3 is 19.8 Å². The average Bonchev–Trinajstić information content (AvgIpc) is 2.47. The molecule has 1 N–H and O–H groups in total. The number of hydroxylamine groups is 2. The van der Waals surface area contributed by atoms with Gasteiger partial charge in [0.15, 0.2) is 0 Å². The highest BCUT2D eigenvalue weighted by atomic mass is 16.7. The Bertz CT molecular complexity index is 312. The number of hydrogen-bond donors (Lipinski definition) is 1. The SMILES string of the molecule is O=C(NCC(=O)N1CCOCC1)ON1CCCCC1. The molecule has 2 heterocycles. The van der Waals surface area contributed by atoms with Gasteiger partial charge in [-0.2, -0.15) is 0 Å². The first-order chi connectivity index (χ1) is 9.25. The summed E-state index contributed by atoms with van der Waals surface area (Å²) in [6.45, 7) is 3.81. The van der Waals surface area contributed by atoms with Crippen LogP contribution in [0.25, 0.3) is 0 Å². The number of nitrogens with zero attached hydrogens (tertiary/aromatic N) is 2. The van der Waals surface area contributed by atoms with Crippen molar-refractivity contribution >= 4 is 12.0 Å². The van der Waals surface area contributed by atoms with E-state index in [9.17, 15) is 9.59 Å². The molecule has 0 aliphatic carbocycles. The third-order valence-electron chi connectivity index (χ3n) is 3.27. The Morgan fingerprint density at radius 2 is 1.74 bits per heavy atom. The van der Waals surface area contributed by atoms with Gasteiger partial charge in [0.05, 0.1) is 13.2 Å². The van der Waals surface area contributed by atoms with Gasteiger partial charge in [0.2, 0.25) is 5.91 Å². The van der Waals surface area contributed by atoms with Gasteiger partial charge in [0, 0.05) is 26.2 Å². The molecule has 0 aromatic carbocycles. The predicted octanol–water partition coefficient (Wildman–Crippen LogP) is -0.0277. The summed E-state index contributed by atoms with van der Waals surface area (Å²) in [5.41, 5.74) is 0. The molecule has 0 saturated carbocycles. The molecular formula is C12H21N3O4. The lowest BCUT2D eigenvalue weighted by atomic mass is 10.2. The second kappa shape index (κ2) is 7.30. The molecule has 0 aromatic heterocycles. The molecule has 2 fully saturated rings. The van der Waals surface area contributed by atoms with E-state index < -0.39 is 6.09 Å². The maximum absolute atomic E-state index is 11.8. The fourth-order valence-electron chi connectivity index (χ4n) is 2.18. The molecule has 0 atom stereocenters. The summed E-state index contributed by atoms with van der Waals surface area (Å²) in [4.78, 5) is 30.1. The van der Waals surface area contributed by atoms with Gasteiger partial charge in [-0.25, -0.2) is 4.79 Å². The van der Waals surface area contributed by atoms with Crippen LogP contribution in [0.4, 0.5) is 4.79 Å². The Morgan fingerprint density at radius 3 is 2.42 bits per heavy atom. The lowest BCUT2D eigenvalue weighted by Crippen LogP contribution is -2.46. The maximum atomic E-state index is 11.8. The highest BCUT2D eigenvalue weighted by Crippen LogP contribution is 2.08. The van der Waals surface area contributed by atoms with Crippen molar-refractivity contribution in [1.29, 1.82) is 0 Å². The smallest absolute Gasteiger partial charge is 0.378 e. The van der Waals surface area contributed by atoms with Gasteiger partial charge in [-0.3, -0.25) is 4.79 Å². The topological polar surface area (TPSA) is 71.1 Å². The van der Waals surface area contributed by atoms with E-state index in [0.29, 0.717) is 26.3 Å². The third-order valence-corrected chi connectivity index (χ3v) is 3.27. The fraction of sp³-hybridized carbons (Fsp3) is 0.833. The molecule has 2 rings (SSSR count). The summed E-state index contributed by atoms with van der Waals surface area (Å²) in [7, 11) is 0. The second-order valence-corrected chi connectivity index (χ2v) is 4.72. The van der Waals surface area contributed by atoms with E-state index in [1.54, 1.807) is 9.96 Å². The molecule has 2 aliphatic heterocycles. The monoisotopic (exact) mass is 271 g/mol. The molecule has 0 aromatic rings. The number of hydrogen-bond acceptors (Lipinski definition) is 5. The number of amides is 2. The van der Waals surface area contributed by atoms with Gasteiger partial charge in [-0.15, -0.1) is 5.06 Å². The molecule has 108 valence electrons. The summed E-state index contributed by atoms with van der Waals surface area (Å²) in [6.07, 6.45) is 2.71. The van der Waals surface area contributed by atoms with Crippen LogP contribution in [-0.4, -0.2) is 67.9 Å². The van der Waals surface area contributed by atoms with Crippen molar-refractivity contribution in [3.63, 3.8) is 0 Å². The van der Waals surface area contributed by atoms with Crippen LogP contribution in [-0.2, 0) is 14.4 Å². The minimum Gasteiger partial charge on any atom is -0.378 e. The number of rotatable bonds is 3. The first-order valence-electron chi connectivity index (χ1n) is 6.82. The predicted molar refractivity (Wildman–Crippen MR) is 67.3 cm³/mol. The summed E-state index contributed by atoms with van der Waals surface area (Å²) >= 11 is 0. The largest absolute Gasteiger partial charge is 0.426 e. The normalized spacial score (nSPS) is 20.9. The Morgan fingerprint density at radius 1 is 1.05 bits per heavy atom. The van der Waals surface area contributed by atoms with E-state index >= 15 is 0 Å². The van der Waals surface area contributed by atoms with Crippen molar-refractivity contribution in [2.75, 3.05) is 45.9 Å². The van der Waals surface area contributed by atoms with E-state index in [1.165, 1.54) is 6.42 Å². The van der Waals surface area contributed by atoms with Crippen molar-refractivity contribution in [2.24, 2.45) is 0 Å². The average molecular weight is 271 g/mol.